The predicted molar refractivity (Wildman–Crippen MR) is 58.6 cm³/mol. The van der Waals surface area contributed by atoms with Crippen molar-refractivity contribution in [3.8, 4) is 0 Å². The van der Waals surface area contributed by atoms with E-state index in [0.29, 0.717) is 19.7 Å². The average Bonchev–Trinajstić information content (AvgIpc) is 2.35. The fraction of sp³-hybridized carbons (Fsp3) is 0.800. The quantitative estimate of drug-likeness (QED) is 0.606. The smallest absolute Gasteiger partial charge is 0.334 e. The Hall–Kier alpha value is -1.34. The molecule has 0 spiro atoms. The van der Waals surface area contributed by atoms with Crippen LogP contribution in [0.2, 0.25) is 0 Å². The highest BCUT2D eigenvalue weighted by Crippen LogP contribution is 2.07. The van der Waals surface area contributed by atoms with Crippen molar-refractivity contribution in [3.63, 3.8) is 0 Å². The van der Waals surface area contributed by atoms with Gasteiger partial charge in [-0.15, -0.1) is 0 Å². The van der Waals surface area contributed by atoms with Crippen LogP contribution in [0, 0.1) is 0 Å². The van der Waals surface area contributed by atoms with Crippen molar-refractivity contribution in [1.29, 1.82) is 0 Å². The Morgan fingerprint density at radius 3 is 2.88 bits per heavy atom. The van der Waals surface area contributed by atoms with Crippen molar-refractivity contribution in [2.24, 2.45) is 0 Å². The molecule has 1 rings (SSSR count). The third-order valence-corrected chi connectivity index (χ3v) is 2.61. The molecule has 1 fully saturated rings. The molecule has 0 saturated carbocycles. The third-order valence-electron chi connectivity index (χ3n) is 2.61. The highest BCUT2D eigenvalue weighted by Gasteiger charge is 2.23. The van der Waals surface area contributed by atoms with Crippen molar-refractivity contribution in [3.05, 3.63) is 0 Å². The van der Waals surface area contributed by atoms with E-state index in [1.54, 1.807) is 4.90 Å². The number of nitrogens with zero attached hydrogens (tertiary/aromatic N) is 1. The summed E-state index contributed by atoms with van der Waals surface area (Å²) in [5, 5.41) is 19.8. The lowest BCUT2D eigenvalue weighted by Gasteiger charge is -2.32. The summed E-state index contributed by atoms with van der Waals surface area (Å²) in [6.45, 7) is 3.13. The number of aliphatic hydroxyl groups excluding tert-OH is 1. The molecular weight excluding hydrogens is 228 g/mol. The average molecular weight is 246 g/mol. The molecule has 7 heteroatoms. The Morgan fingerprint density at radius 1 is 1.59 bits per heavy atom. The topological polar surface area (TPSA) is 99.1 Å². The van der Waals surface area contributed by atoms with Crippen LogP contribution < -0.4 is 5.32 Å². The number of carboxylic acids is 1. The number of hydrogen-bond acceptors (Lipinski definition) is 4. The first kappa shape index (κ1) is 13.7. The van der Waals surface area contributed by atoms with Crippen molar-refractivity contribution in [1.82, 2.24) is 10.2 Å². The normalized spacial score (nSPS) is 22.0. The molecule has 0 radical (unpaired) electrons. The van der Waals surface area contributed by atoms with Crippen LogP contribution in [0.25, 0.3) is 0 Å². The molecule has 17 heavy (non-hydrogen) atoms. The van der Waals surface area contributed by atoms with Crippen LogP contribution in [0.3, 0.4) is 0 Å². The summed E-state index contributed by atoms with van der Waals surface area (Å²) in [4.78, 5) is 23.6. The zero-order valence-corrected chi connectivity index (χ0v) is 9.76. The lowest BCUT2D eigenvalue weighted by Crippen LogP contribution is -2.51. The predicted octanol–water partition coefficient (Wildman–Crippen LogP) is -0.748. The minimum Gasteiger partial charge on any atom is -0.479 e. The third kappa shape index (κ3) is 4.20. The van der Waals surface area contributed by atoms with Gasteiger partial charge in [-0.2, -0.15) is 0 Å². The summed E-state index contributed by atoms with van der Waals surface area (Å²) in [5.41, 5.74) is 0. The van der Waals surface area contributed by atoms with Gasteiger partial charge in [-0.25, -0.2) is 9.59 Å². The first-order valence-corrected chi connectivity index (χ1v) is 5.59. The van der Waals surface area contributed by atoms with Gasteiger partial charge in [0.15, 0.2) is 6.10 Å². The van der Waals surface area contributed by atoms with Gasteiger partial charge in [0.05, 0.1) is 19.3 Å². The molecule has 2 atom stereocenters. The SMILES string of the molecule is CCC1CN(C(=O)NC[C@H](O)C(=O)O)CCO1. The van der Waals surface area contributed by atoms with Gasteiger partial charge in [0, 0.05) is 13.1 Å². The second-order valence-corrected chi connectivity index (χ2v) is 3.89. The van der Waals surface area contributed by atoms with E-state index in [2.05, 4.69) is 5.32 Å². The number of aliphatic hydroxyl groups is 1. The standard InChI is InChI=1S/C10H18N2O5/c1-2-7-6-12(3-4-17-7)10(16)11-5-8(13)9(14)15/h7-8,13H,2-6H2,1H3,(H,11,16)(H,14,15)/t7?,8-/m0/s1. The van der Waals surface area contributed by atoms with Crippen molar-refractivity contribution >= 4 is 12.0 Å². The number of rotatable bonds is 4. The number of amides is 2. The van der Waals surface area contributed by atoms with Gasteiger partial charge in [-0.05, 0) is 6.42 Å². The number of morpholine rings is 1. The maximum absolute atomic E-state index is 11.6. The monoisotopic (exact) mass is 246 g/mol. The molecule has 98 valence electrons. The van der Waals surface area contributed by atoms with Crippen LogP contribution in [-0.2, 0) is 9.53 Å². The van der Waals surface area contributed by atoms with Crippen LogP contribution in [0.1, 0.15) is 13.3 Å². The molecule has 2 amide bonds. The second-order valence-electron chi connectivity index (χ2n) is 3.89. The molecule has 1 aliphatic heterocycles. The number of carboxylic acid groups (broad SMARTS) is 1. The van der Waals surface area contributed by atoms with E-state index in [9.17, 15) is 9.59 Å². The molecule has 0 aromatic rings. The van der Waals surface area contributed by atoms with Gasteiger partial charge in [0.25, 0.3) is 0 Å². The minimum atomic E-state index is -1.57. The van der Waals surface area contributed by atoms with E-state index < -0.39 is 12.1 Å². The molecule has 1 heterocycles. The number of hydrogen-bond donors (Lipinski definition) is 3. The highest BCUT2D eigenvalue weighted by atomic mass is 16.5. The molecule has 0 aromatic heterocycles. The highest BCUT2D eigenvalue weighted by molar-refractivity contribution is 5.76. The molecule has 1 unspecified atom stereocenters. The summed E-state index contributed by atoms with van der Waals surface area (Å²) in [6.07, 6.45) is -0.720. The Bertz CT molecular complexity index is 284. The van der Waals surface area contributed by atoms with Gasteiger partial charge in [0.1, 0.15) is 0 Å². The zero-order chi connectivity index (χ0) is 12.8. The van der Waals surface area contributed by atoms with Gasteiger partial charge in [-0.3, -0.25) is 0 Å². The molecular formula is C10H18N2O5. The van der Waals surface area contributed by atoms with E-state index >= 15 is 0 Å². The number of ether oxygens (including phenoxy) is 1. The van der Waals surface area contributed by atoms with Gasteiger partial charge < -0.3 is 25.2 Å². The van der Waals surface area contributed by atoms with E-state index in [1.807, 2.05) is 6.92 Å². The number of aliphatic carboxylic acids is 1. The molecule has 7 nitrogen and oxygen atoms in total. The molecule has 3 N–H and O–H groups in total. The van der Waals surface area contributed by atoms with Gasteiger partial charge in [0.2, 0.25) is 0 Å². The van der Waals surface area contributed by atoms with Crippen LogP contribution in [0.5, 0.6) is 0 Å². The zero-order valence-electron chi connectivity index (χ0n) is 9.76. The number of nitrogens with one attached hydrogen (secondary N) is 1. The maximum Gasteiger partial charge on any atom is 0.334 e. The minimum absolute atomic E-state index is 0.0268. The first-order chi connectivity index (χ1) is 8.04. The number of carbonyl (C=O) groups excluding carboxylic acids is 1. The summed E-state index contributed by atoms with van der Waals surface area (Å²) in [7, 11) is 0. The van der Waals surface area contributed by atoms with E-state index in [1.165, 1.54) is 0 Å². The first-order valence-electron chi connectivity index (χ1n) is 5.59. The van der Waals surface area contributed by atoms with E-state index in [-0.39, 0.29) is 18.7 Å². The lowest BCUT2D eigenvalue weighted by molar-refractivity contribution is -0.146. The summed E-state index contributed by atoms with van der Waals surface area (Å²) in [6, 6.07) is -0.368. The Kier molecular flexibility index (Phi) is 5.17. The fourth-order valence-corrected chi connectivity index (χ4v) is 1.53. The molecule has 0 aliphatic carbocycles. The molecule has 0 aromatic carbocycles. The van der Waals surface area contributed by atoms with Crippen molar-refractivity contribution < 1.29 is 24.5 Å². The Morgan fingerprint density at radius 2 is 2.29 bits per heavy atom. The van der Waals surface area contributed by atoms with Crippen molar-refractivity contribution in [2.75, 3.05) is 26.2 Å². The van der Waals surface area contributed by atoms with Crippen molar-refractivity contribution in [2.45, 2.75) is 25.6 Å². The molecule has 1 aliphatic rings. The van der Waals surface area contributed by atoms with E-state index in [0.717, 1.165) is 6.42 Å². The van der Waals surface area contributed by atoms with Crippen LogP contribution in [-0.4, -0.2) is 65.6 Å². The van der Waals surface area contributed by atoms with Gasteiger partial charge >= 0.3 is 12.0 Å². The summed E-state index contributed by atoms with van der Waals surface area (Å²) >= 11 is 0. The number of carbonyl (C=O) groups is 2. The maximum atomic E-state index is 11.6. The van der Waals surface area contributed by atoms with Crippen LogP contribution in [0.15, 0.2) is 0 Å². The lowest BCUT2D eigenvalue weighted by atomic mass is 10.2. The van der Waals surface area contributed by atoms with Crippen LogP contribution >= 0.6 is 0 Å². The summed E-state index contributed by atoms with van der Waals surface area (Å²) in [5.74, 6) is -1.35. The second kappa shape index (κ2) is 6.41. The Balaban J connectivity index is 2.34. The van der Waals surface area contributed by atoms with Gasteiger partial charge in [-0.1, -0.05) is 6.92 Å². The summed E-state index contributed by atoms with van der Waals surface area (Å²) < 4.78 is 5.41. The fourth-order valence-electron chi connectivity index (χ4n) is 1.53. The largest absolute Gasteiger partial charge is 0.479 e. The van der Waals surface area contributed by atoms with E-state index in [4.69, 9.17) is 14.9 Å². The molecule has 0 bridgehead atoms. The van der Waals surface area contributed by atoms with Crippen LogP contribution in [0.4, 0.5) is 4.79 Å². The Labute approximate surface area is 99.4 Å². The molecule has 1 saturated heterocycles. The number of urea groups is 1.